The van der Waals surface area contributed by atoms with Gasteiger partial charge < -0.3 is 0 Å². The molecule has 0 amide bonds. The van der Waals surface area contributed by atoms with Gasteiger partial charge >= 0.3 is 0 Å². The highest BCUT2D eigenvalue weighted by molar-refractivity contribution is 5.83. The van der Waals surface area contributed by atoms with E-state index < -0.39 is 0 Å². The molecule has 4 aromatic rings. The van der Waals surface area contributed by atoms with Crippen LogP contribution in [0.4, 0.5) is 0 Å². The third-order valence-corrected chi connectivity index (χ3v) is 5.63. The summed E-state index contributed by atoms with van der Waals surface area (Å²) in [6.07, 6.45) is 3.44. The van der Waals surface area contributed by atoms with Crippen molar-refractivity contribution in [1.29, 1.82) is 0 Å². The van der Waals surface area contributed by atoms with E-state index in [1.54, 1.807) is 6.33 Å². The summed E-state index contributed by atoms with van der Waals surface area (Å²) in [4.78, 5) is 8.49. The maximum absolute atomic E-state index is 4.85. The second kappa shape index (κ2) is 8.47. The molecule has 0 fully saturated rings. The van der Waals surface area contributed by atoms with Crippen LogP contribution in [0.2, 0.25) is 0 Å². The molecular weight excluding hydrogens is 420 g/mol. The summed E-state index contributed by atoms with van der Waals surface area (Å²) in [5, 5.41) is 11.9. The van der Waals surface area contributed by atoms with E-state index in [0.717, 1.165) is 16.7 Å². The van der Waals surface area contributed by atoms with Crippen molar-refractivity contribution in [3.63, 3.8) is 0 Å². The Kier molecular flexibility index (Phi) is 6.44. The highest BCUT2D eigenvalue weighted by Crippen LogP contribution is 2.32. The molecule has 0 unspecified atom stereocenters. The van der Waals surface area contributed by atoms with Gasteiger partial charge in [-0.05, 0) is 47.6 Å². The molecule has 4 rings (SSSR count). The van der Waals surface area contributed by atoms with Crippen molar-refractivity contribution >= 4 is 21.9 Å². The fourth-order valence-corrected chi connectivity index (χ4v) is 4.01. The van der Waals surface area contributed by atoms with E-state index in [1.165, 1.54) is 16.6 Å². The number of benzene rings is 1. The summed E-state index contributed by atoms with van der Waals surface area (Å²) in [6, 6.07) is 8.50. The van der Waals surface area contributed by atoms with Gasteiger partial charge in [-0.15, -0.1) is 0 Å². The molecule has 0 aliphatic rings. The maximum Gasteiger partial charge on any atom is 0.161 e. The van der Waals surface area contributed by atoms with Crippen molar-refractivity contribution in [3.05, 3.63) is 48.2 Å². The predicted molar refractivity (Wildman–Crippen MR) is 142 cm³/mol. The molecule has 1 aromatic carbocycles. The monoisotopic (exact) mass is 462 g/mol. The third kappa shape index (κ3) is 5.16. The van der Waals surface area contributed by atoms with Gasteiger partial charge in [0.05, 0.1) is 33.4 Å². The first kappa shape index (κ1) is 25.9. The molecule has 0 bridgehead atoms. The minimum atomic E-state index is -0.0733. The fraction of sp³-hybridized carbons (Fsp3) is 0.571. The largest absolute Gasteiger partial charge is 0.259 e. The molecular formula is C28H42N6. The molecule has 0 saturated heterocycles. The SMILES string of the molecule is CC(C)(C)c1nn(C(C)(C)C)c2ccccc12.CC(C)(C)c1nn(C(C)(C)C)c2ncncc12. The summed E-state index contributed by atoms with van der Waals surface area (Å²) in [5.41, 5.74) is 4.41. The van der Waals surface area contributed by atoms with Crippen LogP contribution < -0.4 is 0 Å². The van der Waals surface area contributed by atoms with Crippen LogP contribution in [0.1, 0.15) is 94.5 Å². The molecule has 6 nitrogen and oxygen atoms in total. The zero-order valence-corrected chi connectivity index (χ0v) is 23.1. The van der Waals surface area contributed by atoms with Gasteiger partial charge in [-0.2, -0.15) is 10.2 Å². The van der Waals surface area contributed by atoms with Gasteiger partial charge in [0, 0.05) is 22.4 Å². The van der Waals surface area contributed by atoms with Crippen molar-refractivity contribution in [1.82, 2.24) is 29.5 Å². The first-order valence-electron chi connectivity index (χ1n) is 12.1. The number of rotatable bonds is 0. The Morgan fingerprint density at radius 2 is 1.12 bits per heavy atom. The average Bonchev–Trinajstić information content (AvgIpc) is 3.27. The van der Waals surface area contributed by atoms with E-state index in [9.17, 15) is 0 Å². The molecule has 0 atom stereocenters. The molecule has 0 N–H and O–H groups in total. The smallest absolute Gasteiger partial charge is 0.161 e. The van der Waals surface area contributed by atoms with Crippen LogP contribution in [0.5, 0.6) is 0 Å². The number of fused-ring (bicyclic) bond motifs is 2. The number of hydrogen-bond donors (Lipinski definition) is 0. The highest BCUT2D eigenvalue weighted by Gasteiger charge is 2.27. The standard InChI is InChI=1S/C15H22N2.C13H20N4/c1-14(2,3)13-11-9-7-8-10-12(11)17(16-13)15(4,5)6;1-12(2,3)10-9-7-14-8-15-11(9)17(16-10)13(4,5)6/h7-10H,1-6H3;7-8H,1-6H3. The van der Waals surface area contributed by atoms with E-state index >= 15 is 0 Å². The number of para-hydroxylation sites is 1. The van der Waals surface area contributed by atoms with E-state index in [4.69, 9.17) is 10.2 Å². The lowest BCUT2D eigenvalue weighted by Gasteiger charge is -2.21. The zero-order valence-electron chi connectivity index (χ0n) is 23.1. The van der Waals surface area contributed by atoms with Crippen molar-refractivity contribution < 1.29 is 0 Å². The Hall–Kier alpha value is -2.76. The summed E-state index contributed by atoms with van der Waals surface area (Å²) in [7, 11) is 0. The Morgan fingerprint density at radius 3 is 1.65 bits per heavy atom. The Labute approximate surface area is 204 Å². The first-order chi connectivity index (χ1) is 15.4. The predicted octanol–water partition coefficient (Wildman–Crippen LogP) is 6.97. The lowest BCUT2D eigenvalue weighted by Crippen LogP contribution is -2.24. The lowest BCUT2D eigenvalue weighted by molar-refractivity contribution is 0.357. The van der Waals surface area contributed by atoms with Crippen molar-refractivity contribution in [2.75, 3.05) is 0 Å². The summed E-state index contributed by atoms with van der Waals surface area (Å²) >= 11 is 0. The van der Waals surface area contributed by atoms with Gasteiger partial charge in [0.1, 0.15) is 6.33 Å². The molecule has 34 heavy (non-hydrogen) atoms. The van der Waals surface area contributed by atoms with Crippen LogP contribution in [0.25, 0.3) is 21.9 Å². The van der Waals surface area contributed by atoms with Gasteiger partial charge in [0.2, 0.25) is 0 Å². The van der Waals surface area contributed by atoms with Crippen molar-refractivity contribution in [3.8, 4) is 0 Å². The minimum absolute atomic E-state index is 0.000532. The molecule has 3 aromatic heterocycles. The second-order valence-corrected chi connectivity index (χ2v) is 13.1. The average molecular weight is 463 g/mol. The minimum Gasteiger partial charge on any atom is -0.259 e. The maximum atomic E-state index is 4.85. The van der Waals surface area contributed by atoms with Crippen molar-refractivity contribution in [2.24, 2.45) is 0 Å². The lowest BCUT2D eigenvalue weighted by atomic mass is 9.90. The van der Waals surface area contributed by atoms with E-state index in [0.29, 0.717) is 0 Å². The molecule has 0 aliphatic heterocycles. The molecule has 3 heterocycles. The normalized spacial score (nSPS) is 13.3. The highest BCUT2D eigenvalue weighted by atomic mass is 15.3. The van der Waals surface area contributed by atoms with Gasteiger partial charge in [-0.1, -0.05) is 59.7 Å². The summed E-state index contributed by atoms with van der Waals surface area (Å²) in [5.74, 6) is 0. The number of nitrogens with zero attached hydrogens (tertiary/aromatic N) is 6. The van der Waals surface area contributed by atoms with E-state index in [2.05, 4.69) is 122 Å². The van der Waals surface area contributed by atoms with Crippen LogP contribution in [0.15, 0.2) is 36.8 Å². The quantitative estimate of drug-likeness (QED) is 0.283. The molecule has 0 aliphatic carbocycles. The van der Waals surface area contributed by atoms with E-state index in [1.807, 2.05) is 10.9 Å². The van der Waals surface area contributed by atoms with Gasteiger partial charge in [0.25, 0.3) is 0 Å². The molecule has 184 valence electrons. The first-order valence-corrected chi connectivity index (χ1v) is 12.1. The molecule has 6 heteroatoms. The number of aromatic nitrogens is 6. The fourth-order valence-electron chi connectivity index (χ4n) is 4.01. The summed E-state index contributed by atoms with van der Waals surface area (Å²) < 4.78 is 4.13. The Bertz CT molecular complexity index is 1080. The molecule has 0 saturated carbocycles. The zero-order chi connectivity index (χ0) is 25.7. The van der Waals surface area contributed by atoms with Crippen LogP contribution in [0.3, 0.4) is 0 Å². The second-order valence-electron chi connectivity index (χ2n) is 13.1. The number of hydrogen-bond acceptors (Lipinski definition) is 4. The molecule has 0 spiro atoms. The Balaban J connectivity index is 0.000000191. The topological polar surface area (TPSA) is 61.4 Å². The van der Waals surface area contributed by atoms with Crippen LogP contribution in [-0.2, 0) is 21.9 Å². The van der Waals surface area contributed by atoms with Gasteiger partial charge in [-0.3, -0.25) is 4.68 Å². The Morgan fingerprint density at radius 1 is 0.618 bits per heavy atom. The van der Waals surface area contributed by atoms with Crippen molar-refractivity contribution in [2.45, 2.75) is 105 Å². The van der Waals surface area contributed by atoms with E-state index in [-0.39, 0.29) is 21.9 Å². The van der Waals surface area contributed by atoms with Crippen LogP contribution in [0, 0.1) is 0 Å². The third-order valence-electron chi connectivity index (χ3n) is 5.63. The van der Waals surface area contributed by atoms with Crippen LogP contribution >= 0.6 is 0 Å². The van der Waals surface area contributed by atoms with Gasteiger partial charge in [-0.25, -0.2) is 14.6 Å². The molecule has 0 radical (unpaired) electrons. The van der Waals surface area contributed by atoms with Crippen LogP contribution in [-0.4, -0.2) is 29.5 Å². The van der Waals surface area contributed by atoms with Gasteiger partial charge in [0.15, 0.2) is 5.65 Å². The summed E-state index contributed by atoms with van der Waals surface area (Å²) in [6.45, 7) is 26.1.